The van der Waals surface area contributed by atoms with E-state index in [0.717, 1.165) is 6.92 Å². The predicted molar refractivity (Wildman–Crippen MR) is 121 cm³/mol. The Morgan fingerprint density at radius 1 is 0.972 bits per heavy atom. The van der Waals surface area contributed by atoms with Gasteiger partial charge in [-0.15, -0.1) is 0 Å². The maximum atomic E-state index is 12.8. The van der Waals surface area contributed by atoms with Crippen LogP contribution >= 0.6 is 0 Å². The summed E-state index contributed by atoms with van der Waals surface area (Å²) in [5, 5.41) is 34.9. The van der Waals surface area contributed by atoms with Gasteiger partial charge in [-0.25, -0.2) is 9.78 Å². The fraction of sp³-hybridized carbons (Fsp3) is 0.550. The van der Waals surface area contributed by atoms with E-state index in [1.54, 1.807) is 0 Å². The van der Waals surface area contributed by atoms with Gasteiger partial charge in [-0.3, -0.25) is 24.0 Å². The number of hydrogen-bond donors (Lipinski definition) is 9. The molecule has 5 unspecified atom stereocenters. The highest BCUT2D eigenvalue weighted by molar-refractivity contribution is 5.94. The molecule has 0 fully saturated rings. The van der Waals surface area contributed by atoms with Crippen LogP contribution in [-0.4, -0.2) is 91.1 Å². The largest absolute Gasteiger partial charge is 0.481 e. The minimum atomic E-state index is -1.67. The number of carboxylic acid groups (broad SMARTS) is 2. The van der Waals surface area contributed by atoms with Gasteiger partial charge in [0.05, 0.1) is 18.5 Å². The average molecular weight is 514 g/mol. The van der Waals surface area contributed by atoms with Crippen LogP contribution in [0.25, 0.3) is 0 Å². The molecule has 4 amide bonds. The Bertz CT molecular complexity index is 936. The van der Waals surface area contributed by atoms with E-state index in [0.29, 0.717) is 5.69 Å². The van der Waals surface area contributed by atoms with Crippen LogP contribution < -0.4 is 27.4 Å². The number of imidazole rings is 1. The van der Waals surface area contributed by atoms with Crippen LogP contribution in [0.2, 0.25) is 0 Å². The number of aliphatic carboxylic acids is 2. The van der Waals surface area contributed by atoms with Crippen molar-refractivity contribution in [3.05, 3.63) is 18.2 Å². The first-order valence-corrected chi connectivity index (χ1v) is 10.9. The molecule has 1 aromatic heterocycles. The van der Waals surface area contributed by atoms with Gasteiger partial charge in [0.15, 0.2) is 0 Å². The van der Waals surface area contributed by atoms with Gasteiger partial charge in [0.1, 0.15) is 18.1 Å². The molecule has 36 heavy (non-hydrogen) atoms. The van der Waals surface area contributed by atoms with Gasteiger partial charge in [0.25, 0.3) is 0 Å². The first-order valence-electron chi connectivity index (χ1n) is 10.9. The van der Waals surface area contributed by atoms with Crippen LogP contribution in [0.5, 0.6) is 0 Å². The summed E-state index contributed by atoms with van der Waals surface area (Å²) in [6.07, 6.45) is -0.206. The van der Waals surface area contributed by atoms with Crippen LogP contribution in [-0.2, 0) is 35.2 Å². The summed E-state index contributed by atoms with van der Waals surface area (Å²) in [6, 6.07) is -5.77. The summed E-state index contributed by atoms with van der Waals surface area (Å²) < 4.78 is 0. The Kier molecular flexibility index (Phi) is 12.0. The second-order valence-electron chi connectivity index (χ2n) is 8.01. The van der Waals surface area contributed by atoms with Gasteiger partial charge >= 0.3 is 11.9 Å². The van der Waals surface area contributed by atoms with E-state index >= 15 is 0 Å². The molecule has 5 atom stereocenters. The van der Waals surface area contributed by atoms with Gasteiger partial charge in [0, 0.05) is 31.2 Å². The van der Waals surface area contributed by atoms with Crippen molar-refractivity contribution >= 4 is 35.6 Å². The monoisotopic (exact) mass is 513 g/mol. The smallest absolute Gasteiger partial charge is 0.326 e. The number of nitrogens with one attached hydrogen (secondary N) is 4. The van der Waals surface area contributed by atoms with E-state index < -0.39 is 72.3 Å². The average Bonchev–Trinajstić information content (AvgIpc) is 3.29. The summed E-state index contributed by atoms with van der Waals surface area (Å²) in [7, 11) is 0. The van der Waals surface area contributed by atoms with Crippen molar-refractivity contribution in [1.82, 2.24) is 25.9 Å². The number of carbonyl (C=O) groups excluding carboxylic acids is 4. The molecule has 0 aliphatic heterocycles. The lowest BCUT2D eigenvalue weighted by molar-refractivity contribution is -0.143. The van der Waals surface area contributed by atoms with Crippen molar-refractivity contribution < 1.29 is 44.1 Å². The van der Waals surface area contributed by atoms with E-state index in [1.165, 1.54) is 12.5 Å². The molecule has 200 valence electrons. The number of rotatable bonds is 16. The number of nitrogens with zero attached hydrogens (tertiary/aromatic N) is 1. The second-order valence-corrected chi connectivity index (χ2v) is 8.01. The lowest BCUT2D eigenvalue weighted by atomic mass is 10.1. The third-order valence-electron chi connectivity index (χ3n) is 4.97. The maximum absolute atomic E-state index is 12.8. The van der Waals surface area contributed by atoms with Gasteiger partial charge in [-0.05, 0) is 19.8 Å². The molecule has 0 aromatic carbocycles. The lowest BCUT2D eigenvalue weighted by Crippen LogP contribution is -2.60. The van der Waals surface area contributed by atoms with Crippen LogP contribution in [0.3, 0.4) is 0 Å². The highest BCUT2D eigenvalue weighted by atomic mass is 16.4. The standard InChI is InChI=1S/C20H31N7O9/c1-9(28)16(19(34)26-13(20(35)36)2-4-14(22)29)27-18(33)12(3-5-15(30)31)25-17(32)11(21)6-10-7-23-8-24-10/h7-9,11-13,16,28H,2-6,21H2,1H3,(H2,22,29)(H,23,24)(H,25,32)(H,26,34)(H,27,33)(H,30,31)(H,35,36). The van der Waals surface area contributed by atoms with Crippen LogP contribution in [0.1, 0.15) is 38.3 Å². The maximum Gasteiger partial charge on any atom is 0.326 e. The molecule has 0 saturated heterocycles. The van der Waals surface area contributed by atoms with Crippen molar-refractivity contribution in [2.24, 2.45) is 11.5 Å². The van der Waals surface area contributed by atoms with E-state index in [-0.39, 0.29) is 25.7 Å². The number of aliphatic hydroxyl groups is 1. The Balaban J connectivity index is 2.93. The Hall–Kier alpha value is -4.05. The van der Waals surface area contributed by atoms with Crippen molar-refractivity contribution in [3.8, 4) is 0 Å². The zero-order valence-corrected chi connectivity index (χ0v) is 19.5. The van der Waals surface area contributed by atoms with E-state index in [4.69, 9.17) is 16.6 Å². The van der Waals surface area contributed by atoms with E-state index in [1.807, 2.05) is 0 Å². The number of carbonyl (C=O) groups is 6. The molecule has 1 aromatic rings. The quantitative estimate of drug-likeness (QED) is 0.104. The fourth-order valence-electron chi connectivity index (χ4n) is 3.01. The first kappa shape index (κ1) is 30.0. The van der Waals surface area contributed by atoms with Gasteiger partial charge in [-0.1, -0.05) is 0 Å². The van der Waals surface area contributed by atoms with Gasteiger partial charge in [-0.2, -0.15) is 0 Å². The number of H-pyrrole nitrogens is 1. The molecule has 16 heteroatoms. The van der Waals surface area contributed by atoms with E-state index in [2.05, 4.69) is 25.9 Å². The molecule has 16 nitrogen and oxygen atoms in total. The van der Waals surface area contributed by atoms with Crippen LogP contribution in [0, 0.1) is 0 Å². The molecule has 11 N–H and O–H groups in total. The minimum absolute atomic E-state index is 0.0414. The molecule has 0 aliphatic carbocycles. The number of carboxylic acids is 2. The van der Waals surface area contributed by atoms with Crippen molar-refractivity contribution in [2.45, 2.75) is 69.3 Å². The van der Waals surface area contributed by atoms with Gasteiger partial charge in [0.2, 0.25) is 23.6 Å². The molecule has 0 spiro atoms. The number of aromatic nitrogens is 2. The molecule has 0 saturated carbocycles. The highest BCUT2D eigenvalue weighted by Crippen LogP contribution is 2.05. The van der Waals surface area contributed by atoms with Crippen LogP contribution in [0.15, 0.2) is 12.5 Å². The predicted octanol–water partition coefficient (Wildman–Crippen LogP) is -3.67. The SMILES string of the molecule is CC(O)C(NC(=O)C(CCC(=O)O)NC(=O)C(N)Cc1cnc[nH]1)C(=O)NC(CCC(N)=O)C(=O)O. The molecular weight excluding hydrogens is 482 g/mol. The lowest BCUT2D eigenvalue weighted by Gasteiger charge is -2.26. The summed E-state index contributed by atoms with van der Waals surface area (Å²) in [5.74, 6) is -6.41. The van der Waals surface area contributed by atoms with E-state index in [9.17, 15) is 39.0 Å². The second kappa shape index (κ2) is 14.4. The first-order chi connectivity index (χ1) is 16.8. The summed E-state index contributed by atoms with van der Waals surface area (Å²) >= 11 is 0. The van der Waals surface area contributed by atoms with Crippen molar-refractivity contribution in [1.29, 1.82) is 0 Å². The Morgan fingerprint density at radius 3 is 2.08 bits per heavy atom. The Labute approximate surface area is 205 Å². The number of aromatic amines is 1. The number of amides is 4. The molecule has 0 aliphatic rings. The summed E-state index contributed by atoms with van der Waals surface area (Å²) in [6.45, 7) is 1.15. The molecule has 1 rings (SSSR count). The third-order valence-corrected chi connectivity index (χ3v) is 4.97. The van der Waals surface area contributed by atoms with Crippen molar-refractivity contribution in [2.75, 3.05) is 0 Å². The normalized spacial score (nSPS) is 15.0. The number of aliphatic hydroxyl groups excluding tert-OH is 1. The zero-order valence-electron chi connectivity index (χ0n) is 19.5. The molecular formula is C20H31N7O9. The number of primary amides is 1. The van der Waals surface area contributed by atoms with Crippen molar-refractivity contribution in [3.63, 3.8) is 0 Å². The van der Waals surface area contributed by atoms with Crippen LogP contribution in [0.4, 0.5) is 0 Å². The summed E-state index contributed by atoms with van der Waals surface area (Å²) in [5.41, 5.74) is 11.4. The van der Waals surface area contributed by atoms with Gasteiger partial charge < -0.3 is 47.7 Å². The minimum Gasteiger partial charge on any atom is -0.481 e. The zero-order chi connectivity index (χ0) is 27.4. The third kappa shape index (κ3) is 10.5. The molecule has 1 heterocycles. The number of nitrogens with two attached hydrogens (primary N) is 2. The Morgan fingerprint density at radius 2 is 1.58 bits per heavy atom. The fourth-order valence-corrected chi connectivity index (χ4v) is 3.01. The molecule has 0 radical (unpaired) electrons. The summed E-state index contributed by atoms with van der Waals surface area (Å²) in [4.78, 5) is 77.8. The topological polar surface area (TPSA) is 280 Å². The molecule has 0 bridgehead atoms. The number of hydrogen-bond acceptors (Lipinski definition) is 9. The highest BCUT2D eigenvalue weighted by Gasteiger charge is 2.33.